The number of anilines is 1. The van der Waals surface area contributed by atoms with Gasteiger partial charge in [0.2, 0.25) is 0 Å². The fourth-order valence-electron chi connectivity index (χ4n) is 3.43. The van der Waals surface area contributed by atoms with Crippen LogP contribution < -0.4 is 10.6 Å². The maximum absolute atomic E-state index is 13.1. The van der Waals surface area contributed by atoms with Crippen LogP contribution in [0.2, 0.25) is 0 Å². The van der Waals surface area contributed by atoms with E-state index >= 15 is 0 Å². The number of nitrogens with one attached hydrogen (secondary N) is 2. The third-order valence-corrected chi connectivity index (χ3v) is 5.11. The molecule has 8 nitrogen and oxygen atoms in total. The Kier molecular flexibility index (Phi) is 8.80. The monoisotopic (exact) mass is 496 g/mol. The molecule has 2 N–H and O–H groups in total. The molecule has 0 spiro atoms. The van der Waals surface area contributed by atoms with Crippen molar-refractivity contribution >= 4 is 34.5 Å². The molecule has 0 bridgehead atoms. The number of carbonyl (C=O) groups is 3. The van der Waals surface area contributed by atoms with Gasteiger partial charge >= 0.3 is 12.3 Å². The Morgan fingerprint density at radius 3 is 2.34 bits per heavy atom. The largest absolute Gasteiger partial charge is 0.444 e. The van der Waals surface area contributed by atoms with E-state index in [1.54, 1.807) is 39.8 Å². The van der Waals surface area contributed by atoms with Crippen molar-refractivity contribution in [3.8, 4) is 0 Å². The van der Waals surface area contributed by atoms with E-state index in [9.17, 15) is 27.6 Å². The lowest BCUT2D eigenvalue weighted by atomic mass is 9.89. The van der Waals surface area contributed by atoms with Crippen molar-refractivity contribution in [1.29, 1.82) is 0 Å². The molecule has 0 aliphatic rings. The number of aromatic nitrogens is 2. The van der Waals surface area contributed by atoms with Gasteiger partial charge in [-0.25, -0.2) is 14.8 Å². The van der Waals surface area contributed by atoms with Gasteiger partial charge in [-0.3, -0.25) is 9.59 Å². The lowest BCUT2D eigenvalue weighted by molar-refractivity contribution is -0.124. The normalized spacial score (nSPS) is 13.7. The number of benzene rings is 1. The van der Waals surface area contributed by atoms with Crippen molar-refractivity contribution in [2.75, 3.05) is 11.9 Å². The quantitative estimate of drug-likeness (QED) is 0.471. The molecule has 35 heavy (non-hydrogen) atoms. The minimum absolute atomic E-state index is 0.0756. The SMILES string of the molecule is CCC(CC(=O)c1cccc2nc(C)c(NCC(F)(F)F)nc12)C(=O)C(C)NC(=O)OC(C)(C)C. The van der Waals surface area contributed by atoms with Gasteiger partial charge in [0.25, 0.3) is 0 Å². The van der Waals surface area contributed by atoms with Crippen LogP contribution in [0.15, 0.2) is 18.2 Å². The van der Waals surface area contributed by atoms with Crippen LogP contribution in [-0.2, 0) is 9.53 Å². The van der Waals surface area contributed by atoms with Crippen molar-refractivity contribution in [2.45, 2.75) is 72.2 Å². The summed E-state index contributed by atoms with van der Waals surface area (Å²) in [6.45, 7) is 8.59. The molecule has 1 aromatic heterocycles. The van der Waals surface area contributed by atoms with Crippen molar-refractivity contribution in [2.24, 2.45) is 5.92 Å². The van der Waals surface area contributed by atoms with Crippen LogP contribution in [-0.4, -0.2) is 52.0 Å². The van der Waals surface area contributed by atoms with Gasteiger partial charge in [0.1, 0.15) is 23.5 Å². The van der Waals surface area contributed by atoms with E-state index in [4.69, 9.17) is 4.74 Å². The van der Waals surface area contributed by atoms with E-state index < -0.39 is 42.2 Å². The minimum Gasteiger partial charge on any atom is -0.444 e. The number of rotatable bonds is 9. The van der Waals surface area contributed by atoms with Gasteiger partial charge in [-0.15, -0.1) is 0 Å². The number of para-hydroxylation sites is 1. The van der Waals surface area contributed by atoms with Gasteiger partial charge in [-0.1, -0.05) is 13.0 Å². The highest BCUT2D eigenvalue weighted by Crippen LogP contribution is 2.24. The van der Waals surface area contributed by atoms with E-state index in [-0.39, 0.29) is 34.8 Å². The van der Waals surface area contributed by atoms with Crippen LogP contribution in [0.5, 0.6) is 0 Å². The molecule has 1 heterocycles. The van der Waals surface area contributed by atoms with Crippen molar-refractivity contribution in [1.82, 2.24) is 15.3 Å². The fraction of sp³-hybridized carbons (Fsp3) is 0.542. The first-order valence-corrected chi connectivity index (χ1v) is 11.3. The second-order valence-electron chi connectivity index (χ2n) is 9.30. The van der Waals surface area contributed by atoms with E-state index in [2.05, 4.69) is 20.6 Å². The summed E-state index contributed by atoms with van der Waals surface area (Å²) < 4.78 is 43.1. The summed E-state index contributed by atoms with van der Waals surface area (Å²) >= 11 is 0. The van der Waals surface area contributed by atoms with Gasteiger partial charge in [0.05, 0.1) is 17.3 Å². The van der Waals surface area contributed by atoms with Crippen LogP contribution in [0.3, 0.4) is 0 Å². The van der Waals surface area contributed by atoms with Crippen molar-refractivity contribution < 1.29 is 32.3 Å². The molecule has 2 rings (SSSR count). The van der Waals surface area contributed by atoms with Gasteiger partial charge in [0.15, 0.2) is 11.6 Å². The Morgan fingerprint density at radius 1 is 1.11 bits per heavy atom. The van der Waals surface area contributed by atoms with Crippen molar-refractivity contribution in [3.05, 3.63) is 29.5 Å². The molecule has 0 saturated carbocycles. The van der Waals surface area contributed by atoms with Crippen LogP contribution in [0.25, 0.3) is 11.0 Å². The second-order valence-corrected chi connectivity index (χ2v) is 9.30. The number of carbonyl (C=O) groups excluding carboxylic acids is 3. The summed E-state index contributed by atoms with van der Waals surface area (Å²) in [6.07, 6.45) is -5.00. The molecular formula is C24H31F3N4O4. The molecule has 0 fully saturated rings. The molecule has 0 radical (unpaired) electrons. The van der Waals surface area contributed by atoms with E-state index in [0.717, 1.165) is 0 Å². The topological polar surface area (TPSA) is 110 Å². The molecule has 2 unspecified atom stereocenters. The predicted octanol–water partition coefficient (Wildman–Crippen LogP) is 4.99. The first-order valence-electron chi connectivity index (χ1n) is 11.3. The number of nitrogens with zero attached hydrogens (tertiary/aromatic N) is 2. The zero-order valence-corrected chi connectivity index (χ0v) is 20.7. The van der Waals surface area contributed by atoms with Gasteiger partial charge in [0, 0.05) is 17.9 Å². The second kappa shape index (κ2) is 11.0. The highest BCUT2D eigenvalue weighted by Gasteiger charge is 2.29. The van der Waals surface area contributed by atoms with Gasteiger partial charge in [-0.2, -0.15) is 13.2 Å². The molecule has 1 amide bonds. The smallest absolute Gasteiger partial charge is 0.408 e. The number of amides is 1. The van der Waals surface area contributed by atoms with Crippen molar-refractivity contribution in [3.63, 3.8) is 0 Å². The number of hydrogen-bond donors (Lipinski definition) is 2. The summed E-state index contributed by atoms with van der Waals surface area (Å²) in [5, 5.41) is 4.70. The number of fused-ring (bicyclic) bond motifs is 1. The molecule has 2 atom stereocenters. The maximum Gasteiger partial charge on any atom is 0.408 e. The standard InChI is InChI=1S/C24H31F3N4O4/c1-7-15(20(33)13(2)30-22(34)35-23(4,5)6)11-18(32)16-9-8-10-17-19(16)31-21(14(3)29-17)28-12-24(25,26)27/h8-10,13,15H,7,11-12H2,1-6H3,(H,28,31)(H,30,34). The third kappa shape index (κ3) is 8.18. The van der Waals surface area contributed by atoms with Crippen LogP contribution >= 0.6 is 0 Å². The Morgan fingerprint density at radius 2 is 1.77 bits per heavy atom. The highest BCUT2D eigenvalue weighted by molar-refractivity contribution is 6.07. The molecule has 0 aliphatic carbocycles. The summed E-state index contributed by atoms with van der Waals surface area (Å²) in [6, 6.07) is 3.83. The van der Waals surface area contributed by atoms with Gasteiger partial charge < -0.3 is 15.4 Å². The first kappa shape index (κ1) is 28.0. The average molecular weight is 497 g/mol. The Bertz CT molecular complexity index is 1100. The van der Waals surface area contributed by atoms with Crippen LogP contribution in [0.1, 0.15) is 63.5 Å². The summed E-state index contributed by atoms with van der Waals surface area (Å²) in [4.78, 5) is 46.6. The number of Topliss-reactive ketones (excluding diaryl/α,β-unsaturated/α-hetero) is 2. The minimum atomic E-state index is -4.45. The number of alkyl carbamates (subject to hydrolysis) is 1. The molecular weight excluding hydrogens is 465 g/mol. The summed E-state index contributed by atoms with van der Waals surface area (Å²) in [5.41, 5.74) is 0.188. The molecule has 192 valence electrons. The zero-order valence-electron chi connectivity index (χ0n) is 20.7. The van der Waals surface area contributed by atoms with E-state index in [0.29, 0.717) is 11.9 Å². The average Bonchev–Trinajstić information content (AvgIpc) is 2.72. The lowest BCUT2D eigenvalue weighted by Crippen LogP contribution is -2.44. The summed E-state index contributed by atoms with van der Waals surface area (Å²) in [5.74, 6) is -1.50. The lowest BCUT2D eigenvalue weighted by Gasteiger charge is -2.23. The van der Waals surface area contributed by atoms with E-state index in [1.807, 2.05) is 0 Å². The zero-order chi connectivity index (χ0) is 26.6. The number of ether oxygens (including phenoxy) is 1. The third-order valence-electron chi connectivity index (χ3n) is 5.11. The number of ketones is 2. The first-order chi connectivity index (χ1) is 16.1. The Labute approximate surface area is 202 Å². The number of alkyl halides is 3. The number of hydrogen-bond acceptors (Lipinski definition) is 7. The van der Waals surface area contributed by atoms with E-state index in [1.165, 1.54) is 19.9 Å². The molecule has 0 saturated heterocycles. The predicted molar refractivity (Wildman–Crippen MR) is 125 cm³/mol. The fourth-order valence-corrected chi connectivity index (χ4v) is 3.43. The number of halogens is 3. The molecule has 1 aromatic carbocycles. The summed E-state index contributed by atoms with van der Waals surface area (Å²) in [7, 11) is 0. The molecule has 11 heteroatoms. The maximum atomic E-state index is 13.1. The molecule has 0 aliphatic heterocycles. The highest BCUT2D eigenvalue weighted by atomic mass is 19.4. The number of aryl methyl sites for hydroxylation is 1. The van der Waals surface area contributed by atoms with Crippen LogP contribution in [0.4, 0.5) is 23.8 Å². The Balaban J connectivity index is 2.23. The van der Waals surface area contributed by atoms with Gasteiger partial charge in [-0.05, 0) is 53.2 Å². The molecule has 2 aromatic rings. The Hall–Kier alpha value is -3.24. The van der Waals surface area contributed by atoms with Crippen LogP contribution in [0, 0.1) is 12.8 Å².